The Balaban J connectivity index is 2.45. The summed E-state index contributed by atoms with van der Waals surface area (Å²) in [7, 11) is -2.12. The molecule has 1 heterocycles. The quantitative estimate of drug-likeness (QED) is 0.768. The van der Waals surface area contributed by atoms with Crippen LogP contribution < -0.4 is 4.74 Å². The number of nitrogens with zero attached hydrogens (tertiary/aromatic N) is 2. The SMILES string of the molecule is COc1ccc(S(=O)(=O)c2ncccn2)cc1. The highest BCUT2D eigenvalue weighted by molar-refractivity contribution is 7.91. The first kappa shape index (κ1) is 11.5. The Morgan fingerprint density at radius 2 is 1.65 bits per heavy atom. The fraction of sp³-hybridized carbons (Fsp3) is 0.0909. The summed E-state index contributed by atoms with van der Waals surface area (Å²) in [6.45, 7) is 0. The third kappa shape index (κ3) is 2.26. The van der Waals surface area contributed by atoms with E-state index in [1.165, 1.54) is 31.6 Å². The molecule has 0 saturated heterocycles. The molecule has 0 amide bonds. The van der Waals surface area contributed by atoms with Crippen LogP contribution in [0.2, 0.25) is 0 Å². The van der Waals surface area contributed by atoms with Gasteiger partial charge in [0.25, 0.3) is 5.16 Å². The third-order valence-corrected chi connectivity index (χ3v) is 3.74. The normalized spacial score (nSPS) is 11.1. The summed E-state index contributed by atoms with van der Waals surface area (Å²) in [5.41, 5.74) is 0. The number of ether oxygens (including phenoxy) is 1. The van der Waals surface area contributed by atoms with Crippen LogP contribution in [0.15, 0.2) is 52.8 Å². The lowest BCUT2D eigenvalue weighted by Crippen LogP contribution is -2.06. The number of sulfone groups is 1. The second kappa shape index (κ2) is 4.50. The number of aromatic nitrogens is 2. The second-order valence-corrected chi connectivity index (χ2v) is 5.05. The smallest absolute Gasteiger partial charge is 0.251 e. The summed E-state index contributed by atoms with van der Waals surface area (Å²) in [6.07, 6.45) is 2.78. The lowest BCUT2D eigenvalue weighted by molar-refractivity contribution is 0.414. The van der Waals surface area contributed by atoms with E-state index < -0.39 is 9.84 Å². The van der Waals surface area contributed by atoms with Crippen molar-refractivity contribution in [3.05, 3.63) is 42.7 Å². The highest BCUT2D eigenvalue weighted by Gasteiger charge is 2.20. The Morgan fingerprint density at radius 1 is 1.06 bits per heavy atom. The fourth-order valence-electron chi connectivity index (χ4n) is 1.28. The van der Waals surface area contributed by atoms with Crippen LogP contribution in [-0.4, -0.2) is 25.5 Å². The summed E-state index contributed by atoms with van der Waals surface area (Å²) in [4.78, 5) is 7.62. The molecule has 0 spiro atoms. The van der Waals surface area contributed by atoms with Gasteiger partial charge in [-0.2, -0.15) is 0 Å². The molecule has 2 rings (SSSR count). The molecule has 1 aromatic carbocycles. The van der Waals surface area contributed by atoms with Crippen molar-refractivity contribution in [3.63, 3.8) is 0 Å². The molecular weight excluding hydrogens is 240 g/mol. The van der Waals surface area contributed by atoms with Crippen LogP contribution in [0, 0.1) is 0 Å². The monoisotopic (exact) mass is 250 g/mol. The molecule has 0 N–H and O–H groups in total. The van der Waals surface area contributed by atoms with Gasteiger partial charge in [0.1, 0.15) is 5.75 Å². The number of hydrogen-bond donors (Lipinski definition) is 0. The first-order valence-corrected chi connectivity index (χ1v) is 6.29. The molecule has 0 fully saturated rings. The Labute approximate surface area is 99.0 Å². The number of rotatable bonds is 3. The zero-order chi connectivity index (χ0) is 12.3. The highest BCUT2D eigenvalue weighted by Crippen LogP contribution is 2.19. The van der Waals surface area contributed by atoms with Gasteiger partial charge in [-0.05, 0) is 30.3 Å². The lowest BCUT2D eigenvalue weighted by atomic mass is 10.3. The van der Waals surface area contributed by atoms with Gasteiger partial charge in [-0.15, -0.1) is 0 Å². The fourth-order valence-corrected chi connectivity index (χ4v) is 2.39. The van der Waals surface area contributed by atoms with Crippen molar-refractivity contribution in [2.24, 2.45) is 0 Å². The maximum atomic E-state index is 12.1. The van der Waals surface area contributed by atoms with E-state index >= 15 is 0 Å². The minimum absolute atomic E-state index is 0.143. The first-order chi connectivity index (χ1) is 8.14. The van der Waals surface area contributed by atoms with Crippen molar-refractivity contribution >= 4 is 9.84 Å². The Hall–Kier alpha value is -1.95. The standard InChI is InChI=1S/C11H10N2O3S/c1-16-9-3-5-10(6-4-9)17(14,15)11-12-7-2-8-13-11/h2-8H,1H3. The van der Waals surface area contributed by atoms with E-state index in [1.54, 1.807) is 18.2 Å². The number of methoxy groups -OCH3 is 1. The van der Waals surface area contributed by atoms with Gasteiger partial charge >= 0.3 is 0 Å². The first-order valence-electron chi connectivity index (χ1n) is 4.81. The van der Waals surface area contributed by atoms with Gasteiger partial charge in [-0.3, -0.25) is 0 Å². The zero-order valence-electron chi connectivity index (χ0n) is 9.07. The van der Waals surface area contributed by atoms with Crippen molar-refractivity contribution in [2.75, 3.05) is 7.11 Å². The van der Waals surface area contributed by atoms with Gasteiger partial charge in [-0.25, -0.2) is 18.4 Å². The van der Waals surface area contributed by atoms with Crippen LogP contribution in [0.5, 0.6) is 5.75 Å². The van der Waals surface area contributed by atoms with Crippen LogP contribution >= 0.6 is 0 Å². The van der Waals surface area contributed by atoms with E-state index in [0.29, 0.717) is 5.75 Å². The minimum atomic E-state index is -3.64. The number of hydrogen-bond acceptors (Lipinski definition) is 5. The molecular formula is C11H10N2O3S. The average Bonchev–Trinajstić information content (AvgIpc) is 2.40. The Kier molecular flexibility index (Phi) is 3.06. The number of benzene rings is 1. The second-order valence-electron chi connectivity index (χ2n) is 3.21. The van der Waals surface area contributed by atoms with E-state index in [9.17, 15) is 8.42 Å². The maximum absolute atomic E-state index is 12.1. The Morgan fingerprint density at radius 3 is 2.18 bits per heavy atom. The summed E-state index contributed by atoms with van der Waals surface area (Å²) < 4.78 is 29.1. The molecule has 0 aliphatic carbocycles. The highest BCUT2D eigenvalue weighted by atomic mass is 32.2. The summed E-state index contributed by atoms with van der Waals surface area (Å²) >= 11 is 0. The zero-order valence-corrected chi connectivity index (χ0v) is 9.89. The molecule has 0 aliphatic rings. The molecule has 0 aliphatic heterocycles. The Bertz CT molecular complexity index is 594. The van der Waals surface area contributed by atoms with Crippen LogP contribution in [0.25, 0.3) is 0 Å². The van der Waals surface area contributed by atoms with E-state index in [-0.39, 0.29) is 10.1 Å². The van der Waals surface area contributed by atoms with Crippen molar-refractivity contribution in [1.82, 2.24) is 9.97 Å². The molecule has 88 valence electrons. The summed E-state index contributed by atoms with van der Waals surface area (Å²) in [5.74, 6) is 0.595. The van der Waals surface area contributed by atoms with Crippen molar-refractivity contribution in [2.45, 2.75) is 10.1 Å². The molecule has 0 unspecified atom stereocenters. The van der Waals surface area contributed by atoms with E-state index in [1.807, 2.05) is 0 Å². The van der Waals surface area contributed by atoms with Crippen molar-refractivity contribution in [1.29, 1.82) is 0 Å². The molecule has 0 bridgehead atoms. The molecule has 17 heavy (non-hydrogen) atoms. The molecule has 0 saturated carbocycles. The molecule has 1 aromatic heterocycles. The van der Waals surface area contributed by atoms with Gasteiger partial charge in [0.2, 0.25) is 9.84 Å². The van der Waals surface area contributed by atoms with Crippen LogP contribution in [0.1, 0.15) is 0 Å². The van der Waals surface area contributed by atoms with Gasteiger partial charge < -0.3 is 4.74 Å². The van der Waals surface area contributed by atoms with Crippen LogP contribution in [0.3, 0.4) is 0 Å². The van der Waals surface area contributed by atoms with Gasteiger partial charge in [0.05, 0.1) is 12.0 Å². The molecule has 6 heteroatoms. The van der Waals surface area contributed by atoms with Crippen molar-refractivity contribution < 1.29 is 13.2 Å². The summed E-state index contributed by atoms with van der Waals surface area (Å²) in [6, 6.07) is 7.65. The topological polar surface area (TPSA) is 69.2 Å². The maximum Gasteiger partial charge on any atom is 0.251 e. The van der Waals surface area contributed by atoms with Gasteiger partial charge in [0.15, 0.2) is 0 Å². The van der Waals surface area contributed by atoms with Gasteiger partial charge in [0, 0.05) is 12.4 Å². The van der Waals surface area contributed by atoms with E-state index in [4.69, 9.17) is 4.74 Å². The molecule has 2 aromatic rings. The predicted octanol–water partition coefficient (Wildman–Crippen LogP) is 1.32. The van der Waals surface area contributed by atoms with Crippen LogP contribution in [-0.2, 0) is 9.84 Å². The molecule has 0 atom stereocenters. The van der Waals surface area contributed by atoms with Crippen molar-refractivity contribution in [3.8, 4) is 5.75 Å². The van der Waals surface area contributed by atoms with Gasteiger partial charge in [-0.1, -0.05) is 0 Å². The third-order valence-electron chi connectivity index (χ3n) is 2.15. The summed E-state index contributed by atoms with van der Waals surface area (Å²) in [5, 5.41) is -0.204. The lowest BCUT2D eigenvalue weighted by Gasteiger charge is -2.03. The largest absolute Gasteiger partial charge is 0.497 e. The minimum Gasteiger partial charge on any atom is -0.497 e. The molecule has 5 nitrogen and oxygen atoms in total. The molecule has 0 radical (unpaired) electrons. The van der Waals surface area contributed by atoms with E-state index in [0.717, 1.165) is 0 Å². The average molecular weight is 250 g/mol. The van der Waals surface area contributed by atoms with E-state index in [2.05, 4.69) is 9.97 Å². The predicted molar refractivity (Wildman–Crippen MR) is 60.5 cm³/mol. The van der Waals surface area contributed by atoms with Crippen LogP contribution in [0.4, 0.5) is 0 Å².